The van der Waals surface area contributed by atoms with E-state index in [1.165, 1.54) is 0 Å². The molecule has 1 aliphatic heterocycles. The minimum atomic E-state index is 0.924. The molecule has 0 saturated carbocycles. The number of nitrogens with zero attached hydrogens (tertiary/aromatic N) is 4. The second kappa shape index (κ2) is 4.33. The van der Waals surface area contributed by atoms with Crippen molar-refractivity contribution < 1.29 is 0 Å². The lowest BCUT2D eigenvalue weighted by molar-refractivity contribution is 0.271. The molecule has 3 heterocycles. The summed E-state index contributed by atoms with van der Waals surface area (Å²) in [7, 11) is 0. The second-order valence-corrected chi connectivity index (χ2v) is 4.36. The quantitative estimate of drug-likeness (QED) is 0.841. The van der Waals surface area contributed by atoms with E-state index in [2.05, 4.69) is 37.7 Å². The van der Waals surface area contributed by atoms with Gasteiger partial charge in [0.2, 0.25) is 0 Å². The summed E-state index contributed by atoms with van der Waals surface area (Å²) in [4.78, 5) is 16.6. The largest absolute Gasteiger partial charge is 0.353 e. The maximum Gasteiger partial charge on any atom is 0.142 e. The molecule has 0 bridgehead atoms. The molecule has 17 heavy (non-hydrogen) atoms. The molecular formula is C12H17N5. The number of H-pyrrole nitrogens is 1. The van der Waals surface area contributed by atoms with Gasteiger partial charge in [0.25, 0.3) is 0 Å². The normalized spacial score (nSPS) is 17.8. The summed E-state index contributed by atoms with van der Waals surface area (Å²) in [6.45, 7) is 7.68. The Hall–Kier alpha value is -1.62. The summed E-state index contributed by atoms with van der Waals surface area (Å²) in [6, 6.07) is 2.05. The van der Waals surface area contributed by atoms with Crippen LogP contribution in [0, 0.1) is 0 Å². The number of aromatic amines is 1. The summed E-state index contributed by atoms with van der Waals surface area (Å²) in [5, 5.41) is 1.12. The van der Waals surface area contributed by atoms with Crippen molar-refractivity contribution in [2.75, 3.05) is 37.6 Å². The molecule has 0 atom stereocenters. The average molecular weight is 231 g/mol. The van der Waals surface area contributed by atoms with Gasteiger partial charge < -0.3 is 14.8 Å². The number of fused-ring (bicyclic) bond motifs is 1. The molecule has 0 aliphatic carbocycles. The molecule has 3 rings (SSSR count). The lowest BCUT2D eigenvalue weighted by atomic mass is 10.3. The van der Waals surface area contributed by atoms with E-state index < -0.39 is 0 Å². The lowest BCUT2D eigenvalue weighted by Gasteiger charge is -2.34. The van der Waals surface area contributed by atoms with Crippen molar-refractivity contribution in [3.63, 3.8) is 0 Å². The Morgan fingerprint density at radius 3 is 2.82 bits per heavy atom. The van der Waals surface area contributed by atoms with Crippen LogP contribution >= 0.6 is 0 Å². The Morgan fingerprint density at radius 1 is 1.24 bits per heavy atom. The number of hydrogen-bond acceptors (Lipinski definition) is 4. The molecule has 0 radical (unpaired) electrons. The molecule has 1 N–H and O–H groups in total. The lowest BCUT2D eigenvalue weighted by Crippen LogP contribution is -2.46. The fourth-order valence-corrected chi connectivity index (χ4v) is 2.39. The number of rotatable bonds is 2. The molecule has 1 saturated heterocycles. The number of anilines is 1. The van der Waals surface area contributed by atoms with Gasteiger partial charge in [-0.25, -0.2) is 9.97 Å². The van der Waals surface area contributed by atoms with Crippen molar-refractivity contribution in [2.45, 2.75) is 6.92 Å². The Morgan fingerprint density at radius 2 is 2.06 bits per heavy atom. The van der Waals surface area contributed by atoms with Crippen LogP contribution in [0.15, 0.2) is 18.6 Å². The van der Waals surface area contributed by atoms with Crippen molar-refractivity contribution in [1.82, 2.24) is 19.9 Å². The maximum atomic E-state index is 4.43. The second-order valence-electron chi connectivity index (χ2n) is 4.36. The van der Waals surface area contributed by atoms with E-state index in [4.69, 9.17) is 0 Å². The van der Waals surface area contributed by atoms with Crippen molar-refractivity contribution in [3.05, 3.63) is 18.6 Å². The molecule has 0 amide bonds. The Bertz CT molecular complexity index is 498. The van der Waals surface area contributed by atoms with Crippen LogP contribution in [-0.4, -0.2) is 52.6 Å². The molecule has 1 aliphatic rings. The predicted molar refractivity (Wildman–Crippen MR) is 68.2 cm³/mol. The molecule has 5 nitrogen and oxygen atoms in total. The van der Waals surface area contributed by atoms with Crippen LogP contribution in [0.4, 0.5) is 5.82 Å². The highest BCUT2D eigenvalue weighted by Crippen LogP contribution is 2.22. The van der Waals surface area contributed by atoms with Crippen LogP contribution in [0.25, 0.3) is 11.0 Å². The van der Waals surface area contributed by atoms with Crippen LogP contribution in [0.5, 0.6) is 0 Å². The molecule has 1 fully saturated rings. The fraction of sp³-hybridized carbons (Fsp3) is 0.500. The van der Waals surface area contributed by atoms with Gasteiger partial charge in [-0.2, -0.15) is 0 Å². The van der Waals surface area contributed by atoms with Crippen LogP contribution < -0.4 is 4.90 Å². The first-order chi connectivity index (χ1) is 8.38. The molecule has 90 valence electrons. The monoisotopic (exact) mass is 231 g/mol. The Labute approximate surface area is 100 Å². The van der Waals surface area contributed by atoms with Crippen molar-refractivity contribution in [3.8, 4) is 0 Å². The van der Waals surface area contributed by atoms with Crippen molar-refractivity contribution in [1.29, 1.82) is 0 Å². The van der Waals surface area contributed by atoms with Gasteiger partial charge in [0.05, 0.1) is 5.39 Å². The molecular weight excluding hydrogens is 214 g/mol. The van der Waals surface area contributed by atoms with Gasteiger partial charge in [0.15, 0.2) is 0 Å². The highest BCUT2D eigenvalue weighted by atomic mass is 15.3. The van der Waals surface area contributed by atoms with E-state index in [9.17, 15) is 0 Å². The summed E-state index contributed by atoms with van der Waals surface area (Å²) >= 11 is 0. The topological polar surface area (TPSA) is 48.1 Å². The van der Waals surface area contributed by atoms with Crippen LogP contribution in [0.3, 0.4) is 0 Å². The average Bonchev–Trinajstić information content (AvgIpc) is 2.87. The van der Waals surface area contributed by atoms with Crippen molar-refractivity contribution in [2.24, 2.45) is 0 Å². The van der Waals surface area contributed by atoms with E-state index >= 15 is 0 Å². The smallest absolute Gasteiger partial charge is 0.142 e. The Balaban J connectivity index is 1.87. The molecule has 0 spiro atoms. The summed E-state index contributed by atoms with van der Waals surface area (Å²) in [5.74, 6) is 1.06. The third kappa shape index (κ3) is 1.86. The van der Waals surface area contributed by atoms with E-state index in [1.54, 1.807) is 6.33 Å². The zero-order valence-electron chi connectivity index (χ0n) is 10.1. The zero-order chi connectivity index (χ0) is 11.7. The number of likely N-dealkylation sites (N-methyl/N-ethyl adjacent to an activating group) is 1. The van der Waals surface area contributed by atoms with Gasteiger partial charge in [-0.05, 0) is 12.6 Å². The molecule has 2 aromatic rings. The highest BCUT2D eigenvalue weighted by molar-refractivity contribution is 5.87. The standard InChI is InChI=1S/C12H17N5/c1-2-16-5-7-17(8-6-16)12-10-3-4-13-11(10)14-9-15-12/h3-4,9H,2,5-8H2,1H3,(H,13,14,15). The third-order valence-electron chi connectivity index (χ3n) is 3.45. The number of nitrogens with one attached hydrogen (secondary N) is 1. The first-order valence-corrected chi connectivity index (χ1v) is 6.14. The van der Waals surface area contributed by atoms with Crippen LogP contribution in [0.2, 0.25) is 0 Å². The summed E-state index contributed by atoms with van der Waals surface area (Å²) in [5.41, 5.74) is 0.924. The number of aromatic nitrogens is 3. The van der Waals surface area contributed by atoms with Gasteiger partial charge in [-0.3, -0.25) is 0 Å². The zero-order valence-corrected chi connectivity index (χ0v) is 10.1. The summed E-state index contributed by atoms with van der Waals surface area (Å²) in [6.07, 6.45) is 3.56. The van der Waals surface area contributed by atoms with Gasteiger partial charge in [-0.1, -0.05) is 6.92 Å². The third-order valence-corrected chi connectivity index (χ3v) is 3.45. The molecule has 2 aromatic heterocycles. The Kier molecular flexibility index (Phi) is 2.68. The highest BCUT2D eigenvalue weighted by Gasteiger charge is 2.18. The van der Waals surface area contributed by atoms with E-state index in [0.717, 1.165) is 49.6 Å². The molecule has 5 heteroatoms. The number of hydrogen-bond donors (Lipinski definition) is 1. The molecule has 0 aromatic carbocycles. The van der Waals surface area contributed by atoms with E-state index in [-0.39, 0.29) is 0 Å². The summed E-state index contributed by atoms with van der Waals surface area (Å²) < 4.78 is 0. The fourth-order valence-electron chi connectivity index (χ4n) is 2.39. The van der Waals surface area contributed by atoms with Gasteiger partial charge >= 0.3 is 0 Å². The molecule has 0 unspecified atom stereocenters. The first-order valence-electron chi connectivity index (χ1n) is 6.14. The maximum absolute atomic E-state index is 4.43. The SMILES string of the molecule is CCN1CCN(c2ncnc3[nH]ccc23)CC1. The van der Waals surface area contributed by atoms with Crippen LogP contribution in [0.1, 0.15) is 6.92 Å². The van der Waals surface area contributed by atoms with Crippen LogP contribution in [-0.2, 0) is 0 Å². The van der Waals surface area contributed by atoms with E-state index in [0.29, 0.717) is 0 Å². The predicted octanol–water partition coefficient (Wildman–Crippen LogP) is 1.10. The first kappa shape index (κ1) is 10.5. The van der Waals surface area contributed by atoms with Crippen molar-refractivity contribution >= 4 is 16.9 Å². The minimum Gasteiger partial charge on any atom is -0.353 e. The number of piperazine rings is 1. The van der Waals surface area contributed by atoms with Gasteiger partial charge in [-0.15, -0.1) is 0 Å². The van der Waals surface area contributed by atoms with Gasteiger partial charge in [0.1, 0.15) is 17.8 Å². The van der Waals surface area contributed by atoms with Gasteiger partial charge in [0, 0.05) is 32.4 Å². The van der Waals surface area contributed by atoms with E-state index in [1.807, 2.05) is 6.20 Å². The minimum absolute atomic E-state index is 0.924.